The van der Waals surface area contributed by atoms with Crippen LogP contribution in [0.2, 0.25) is 0 Å². The summed E-state index contributed by atoms with van der Waals surface area (Å²) in [5, 5.41) is 21.9. The second-order valence-corrected chi connectivity index (χ2v) is 6.25. The van der Waals surface area contributed by atoms with Crippen LogP contribution >= 0.6 is 0 Å². The SMILES string of the molecule is CCOC(=O)[C@@]1(C)C=C(Nc2ccc(O)cc2)C(=O)N1c1ccc(O)cc1. The van der Waals surface area contributed by atoms with Crippen LogP contribution in [0.15, 0.2) is 60.3 Å². The Balaban J connectivity index is 1.99. The topological polar surface area (TPSA) is 99.1 Å². The molecule has 3 rings (SSSR count). The molecule has 0 aliphatic carbocycles. The Bertz CT molecular complexity index is 890. The van der Waals surface area contributed by atoms with E-state index in [1.54, 1.807) is 38.1 Å². The fourth-order valence-electron chi connectivity index (χ4n) is 2.94. The van der Waals surface area contributed by atoms with E-state index in [1.807, 2.05) is 0 Å². The zero-order chi connectivity index (χ0) is 19.6. The molecule has 1 aliphatic rings. The normalized spacial score (nSPS) is 19.0. The van der Waals surface area contributed by atoms with Crippen LogP contribution in [0.25, 0.3) is 0 Å². The number of benzene rings is 2. The minimum Gasteiger partial charge on any atom is -0.508 e. The predicted octanol–water partition coefficient (Wildman–Crippen LogP) is 2.76. The summed E-state index contributed by atoms with van der Waals surface area (Å²) in [6.07, 6.45) is 1.52. The van der Waals surface area contributed by atoms with Gasteiger partial charge in [-0.3, -0.25) is 9.69 Å². The summed E-state index contributed by atoms with van der Waals surface area (Å²) in [7, 11) is 0. The van der Waals surface area contributed by atoms with Gasteiger partial charge in [-0.25, -0.2) is 4.79 Å². The van der Waals surface area contributed by atoms with Gasteiger partial charge in [0.05, 0.1) is 6.61 Å². The lowest BCUT2D eigenvalue weighted by molar-refractivity contribution is -0.147. The molecule has 0 aromatic heterocycles. The highest BCUT2D eigenvalue weighted by Crippen LogP contribution is 2.36. The summed E-state index contributed by atoms with van der Waals surface area (Å²) >= 11 is 0. The van der Waals surface area contributed by atoms with Gasteiger partial charge in [0, 0.05) is 11.4 Å². The van der Waals surface area contributed by atoms with Crippen molar-refractivity contribution in [2.24, 2.45) is 0 Å². The lowest BCUT2D eigenvalue weighted by atomic mass is 10.0. The van der Waals surface area contributed by atoms with E-state index < -0.39 is 17.4 Å². The number of aromatic hydroxyl groups is 2. The molecule has 2 aromatic carbocycles. The highest BCUT2D eigenvalue weighted by Gasteiger charge is 2.49. The molecule has 7 heteroatoms. The lowest BCUT2D eigenvalue weighted by Gasteiger charge is -2.32. The molecule has 1 atom stereocenters. The zero-order valence-corrected chi connectivity index (χ0v) is 15.0. The largest absolute Gasteiger partial charge is 0.508 e. The molecule has 2 aromatic rings. The van der Waals surface area contributed by atoms with Crippen LogP contribution in [0.5, 0.6) is 11.5 Å². The van der Waals surface area contributed by atoms with Crippen LogP contribution in [0.4, 0.5) is 11.4 Å². The first kappa shape index (κ1) is 18.3. The van der Waals surface area contributed by atoms with Crippen molar-refractivity contribution in [3.8, 4) is 11.5 Å². The third-order valence-corrected chi connectivity index (χ3v) is 4.27. The Kier molecular flexibility index (Phi) is 4.77. The van der Waals surface area contributed by atoms with E-state index in [0.717, 1.165) is 0 Å². The van der Waals surface area contributed by atoms with Gasteiger partial charge >= 0.3 is 5.97 Å². The third-order valence-electron chi connectivity index (χ3n) is 4.27. The Morgan fingerprint density at radius 1 is 1.07 bits per heavy atom. The molecule has 0 spiro atoms. The first-order valence-corrected chi connectivity index (χ1v) is 8.45. The first-order chi connectivity index (χ1) is 12.8. The van der Waals surface area contributed by atoms with Crippen molar-refractivity contribution >= 4 is 23.3 Å². The molecular weight excluding hydrogens is 348 g/mol. The first-order valence-electron chi connectivity index (χ1n) is 8.45. The second kappa shape index (κ2) is 7.03. The quantitative estimate of drug-likeness (QED) is 0.554. The summed E-state index contributed by atoms with van der Waals surface area (Å²) in [6.45, 7) is 3.48. The second-order valence-electron chi connectivity index (χ2n) is 6.25. The Hall–Kier alpha value is -3.48. The van der Waals surface area contributed by atoms with Crippen molar-refractivity contribution in [1.82, 2.24) is 0 Å². The molecular formula is C20H20N2O5. The smallest absolute Gasteiger partial charge is 0.336 e. The number of phenols is 2. The van der Waals surface area contributed by atoms with Gasteiger partial charge in [0.1, 0.15) is 17.2 Å². The Morgan fingerprint density at radius 3 is 2.19 bits per heavy atom. The van der Waals surface area contributed by atoms with E-state index in [4.69, 9.17) is 4.74 Å². The molecule has 0 unspecified atom stereocenters. The average molecular weight is 368 g/mol. The summed E-state index contributed by atoms with van der Waals surface area (Å²) in [6, 6.07) is 12.2. The number of carbonyl (C=O) groups excluding carboxylic acids is 2. The molecule has 27 heavy (non-hydrogen) atoms. The zero-order valence-electron chi connectivity index (χ0n) is 15.0. The molecule has 1 heterocycles. The number of hydrogen-bond donors (Lipinski definition) is 3. The summed E-state index contributed by atoms with van der Waals surface area (Å²) < 4.78 is 5.18. The number of amides is 1. The van der Waals surface area contributed by atoms with E-state index in [-0.39, 0.29) is 23.8 Å². The monoisotopic (exact) mass is 368 g/mol. The van der Waals surface area contributed by atoms with Gasteiger partial charge in [-0.15, -0.1) is 0 Å². The Morgan fingerprint density at radius 2 is 1.63 bits per heavy atom. The number of hydrogen-bond acceptors (Lipinski definition) is 6. The van der Waals surface area contributed by atoms with Gasteiger partial charge in [0.15, 0.2) is 5.54 Å². The van der Waals surface area contributed by atoms with Crippen molar-refractivity contribution in [2.75, 3.05) is 16.8 Å². The number of phenolic OH excluding ortho intramolecular Hbond substituents is 2. The number of rotatable bonds is 5. The van der Waals surface area contributed by atoms with E-state index in [2.05, 4.69) is 5.32 Å². The lowest BCUT2D eigenvalue weighted by Crippen LogP contribution is -2.51. The van der Waals surface area contributed by atoms with Crippen LogP contribution in [0.3, 0.4) is 0 Å². The highest BCUT2D eigenvalue weighted by atomic mass is 16.5. The minimum atomic E-state index is -1.34. The van der Waals surface area contributed by atoms with Crippen molar-refractivity contribution in [1.29, 1.82) is 0 Å². The van der Waals surface area contributed by atoms with Crippen LogP contribution in [-0.2, 0) is 14.3 Å². The number of anilines is 2. The number of ether oxygens (including phenoxy) is 1. The van der Waals surface area contributed by atoms with Gasteiger partial charge in [-0.2, -0.15) is 0 Å². The fourth-order valence-corrected chi connectivity index (χ4v) is 2.94. The van der Waals surface area contributed by atoms with E-state index >= 15 is 0 Å². The van der Waals surface area contributed by atoms with E-state index in [0.29, 0.717) is 11.4 Å². The maximum Gasteiger partial charge on any atom is 0.336 e. The number of nitrogens with zero attached hydrogens (tertiary/aromatic N) is 1. The van der Waals surface area contributed by atoms with E-state index in [9.17, 15) is 19.8 Å². The Labute approximate surface area is 156 Å². The molecule has 0 bridgehead atoms. The third kappa shape index (κ3) is 3.44. The molecule has 140 valence electrons. The molecule has 0 saturated heterocycles. The standard InChI is InChI=1S/C20H20N2O5/c1-3-27-19(26)20(2)12-17(21-13-4-8-15(23)9-5-13)18(25)22(20)14-6-10-16(24)11-7-14/h4-12,21,23-24H,3H2,1-2H3/t20-/m1/s1. The maximum atomic E-state index is 13.1. The molecule has 0 saturated carbocycles. The van der Waals surface area contributed by atoms with Gasteiger partial charge in [-0.05, 0) is 68.5 Å². The van der Waals surface area contributed by atoms with Crippen molar-refractivity contribution in [3.63, 3.8) is 0 Å². The van der Waals surface area contributed by atoms with E-state index in [1.165, 1.54) is 35.2 Å². The van der Waals surface area contributed by atoms with Crippen LogP contribution < -0.4 is 10.2 Å². The fraction of sp³-hybridized carbons (Fsp3) is 0.200. The predicted molar refractivity (Wildman–Crippen MR) is 100 cm³/mol. The molecule has 3 N–H and O–H groups in total. The van der Waals surface area contributed by atoms with Crippen LogP contribution in [0, 0.1) is 0 Å². The maximum absolute atomic E-state index is 13.1. The summed E-state index contributed by atoms with van der Waals surface area (Å²) in [5.74, 6) is -0.814. The molecule has 0 radical (unpaired) electrons. The average Bonchev–Trinajstić information content (AvgIpc) is 2.90. The van der Waals surface area contributed by atoms with Crippen molar-refractivity contribution < 1.29 is 24.5 Å². The summed E-state index contributed by atoms with van der Waals surface area (Å²) in [5.41, 5.74) is -0.0915. The number of nitrogens with one attached hydrogen (secondary N) is 1. The molecule has 0 fully saturated rings. The van der Waals surface area contributed by atoms with Crippen LogP contribution in [0.1, 0.15) is 13.8 Å². The highest BCUT2D eigenvalue weighted by molar-refractivity contribution is 6.16. The molecule has 1 amide bonds. The number of carbonyl (C=O) groups is 2. The summed E-state index contributed by atoms with van der Waals surface area (Å²) in [4.78, 5) is 27.0. The van der Waals surface area contributed by atoms with Gasteiger partial charge < -0.3 is 20.3 Å². The van der Waals surface area contributed by atoms with Gasteiger partial charge in [0.25, 0.3) is 5.91 Å². The van der Waals surface area contributed by atoms with Gasteiger partial charge in [-0.1, -0.05) is 0 Å². The van der Waals surface area contributed by atoms with Gasteiger partial charge in [0.2, 0.25) is 0 Å². The minimum absolute atomic E-state index is 0.0543. The number of esters is 1. The molecule has 1 aliphatic heterocycles. The van der Waals surface area contributed by atoms with Crippen molar-refractivity contribution in [2.45, 2.75) is 19.4 Å². The molecule has 7 nitrogen and oxygen atoms in total. The van der Waals surface area contributed by atoms with Crippen LogP contribution in [-0.4, -0.2) is 34.2 Å². The van der Waals surface area contributed by atoms with Crippen molar-refractivity contribution in [3.05, 3.63) is 60.3 Å².